The van der Waals surface area contributed by atoms with Crippen LogP contribution in [0.1, 0.15) is 1.43 Å². The van der Waals surface area contributed by atoms with Gasteiger partial charge in [-0.05, 0) is 0 Å². The normalized spacial score (nSPS) is 0.750. The standard InChI is InChI=1S/Al.Na.Ni.O.2H/q;+1;;;;-1. The first-order valence-corrected chi connectivity index (χ1v) is 0.866. The van der Waals surface area contributed by atoms with Crippen molar-refractivity contribution in [3.8, 4) is 0 Å². The third kappa shape index (κ3) is 9.16. The van der Waals surface area contributed by atoms with Crippen LogP contribution in [0.5, 0.6) is 0 Å². The van der Waals surface area contributed by atoms with Gasteiger partial charge in [-0.1, -0.05) is 0 Å². The van der Waals surface area contributed by atoms with Crippen LogP contribution in [0, 0.1) is 0 Å². The van der Waals surface area contributed by atoms with E-state index < -0.39 is 0 Å². The van der Waals surface area contributed by atoms with E-state index in [1.165, 1.54) is 0 Å². The van der Waals surface area contributed by atoms with Crippen LogP contribution in [-0.4, -0.2) is 16.2 Å². The molecule has 0 aliphatic rings. The van der Waals surface area contributed by atoms with E-state index in [1.807, 2.05) is 0 Å². The zero-order valence-corrected chi connectivity index (χ0v) is 6.83. The number of hydrogen-bond donors (Lipinski definition) is 0. The van der Waals surface area contributed by atoms with Crippen LogP contribution in [0.4, 0.5) is 0 Å². The van der Waals surface area contributed by atoms with Gasteiger partial charge < -0.3 is 1.43 Å². The van der Waals surface area contributed by atoms with Crippen LogP contribution in [-0.2, 0) is 20.3 Å². The monoisotopic (exact) mass is 126 g/mol. The zero-order chi connectivity index (χ0) is 2.00. The molecule has 0 unspecified atom stereocenters. The van der Waals surface area contributed by atoms with E-state index in [-0.39, 0.29) is 47.5 Å². The van der Waals surface area contributed by atoms with E-state index in [2.05, 4.69) is 0 Å². The van der Waals surface area contributed by atoms with Crippen molar-refractivity contribution >= 4 is 16.2 Å². The van der Waals surface area contributed by atoms with Crippen molar-refractivity contribution in [1.29, 1.82) is 0 Å². The average molecular weight is 127 g/mol. The van der Waals surface area contributed by atoms with Crippen molar-refractivity contribution in [3.05, 3.63) is 0 Å². The fourth-order valence-electron chi connectivity index (χ4n) is 0. The van der Waals surface area contributed by atoms with Gasteiger partial charge in [0.1, 0.15) is 0 Å². The van der Waals surface area contributed by atoms with Crippen molar-refractivity contribution in [2.45, 2.75) is 0 Å². The molecule has 0 N–H and O–H groups in total. The molecule has 0 aliphatic carbocycles. The van der Waals surface area contributed by atoms with E-state index in [0.717, 1.165) is 0 Å². The van der Waals surface area contributed by atoms with Crippen molar-refractivity contribution in [2.24, 2.45) is 0 Å². The van der Waals surface area contributed by atoms with Gasteiger partial charge in [-0.2, -0.15) is 0 Å². The quantitative estimate of drug-likeness (QED) is 0.306. The molecule has 0 aromatic heterocycles. The zero-order valence-electron chi connectivity index (χ0n) is 3.43. The molecule has 0 bridgehead atoms. The molecule has 4 heteroatoms. The van der Waals surface area contributed by atoms with Crippen LogP contribution in [0.15, 0.2) is 0 Å². The Kier molecular flexibility index (Phi) is 90.0. The van der Waals surface area contributed by atoms with Gasteiger partial charge in [-0.25, -0.2) is 0 Å². The van der Waals surface area contributed by atoms with Crippen LogP contribution < -0.4 is 29.6 Å². The molecule has 1 nitrogen and oxygen atoms in total. The molecule has 22 valence electrons. The Labute approximate surface area is 66.9 Å². The predicted molar refractivity (Wildman–Crippen MR) is 8.95 cm³/mol. The Morgan fingerprint density at radius 2 is 1.50 bits per heavy atom. The SMILES string of the molecule is [H-].[Na+].[Ni].[O]=[AlH]. The molecular formula is H2AlNaNiO. The van der Waals surface area contributed by atoms with Gasteiger partial charge in [-0.15, -0.1) is 0 Å². The summed E-state index contributed by atoms with van der Waals surface area (Å²) in [5.41, 5.74) is 0. The summed E-state index contributed by atoms with van der Waals surface area (Å²) < 4.78 is 8.28. The van der Waals surface area contributed by atoms with Gasteiger partial charge in [0.2, 0.25) is 0 Å². The van der Waals surface area contributed by atoms with Crippen LogP contribution in [0.3, 0.4) is 0 Å². The predicted octanol–water partition coefficient (Wildman–Crippen LogP) is -3.65. The molecule has 0 atom stereocenters. The van der Waals surface area contributed by atoms with Gasteiger partial charge in [-0.3, -0.25) is 0 Å². The van der Waals surface area contributed by atoms with E-state index >= 15 is 0 Å². The molecule has 0 saturated carbocycles. The second-order valence-corrected chi connectivity index (χ2v) is 0. The molecule has 0 fully saturated rings. The molecule has 0 amide bonds. The fourth-order valence-corrected chi connectivity index (χ4v) is 0. The Morgan fingerprint density at radius 3 is 1.50 bits per heavy atom. The van der Waals surface area contributed by atoms with Crippen LogP contribution in [0.2, 0.25) is 0 Å². The molecule has 0 aromatic rings. The van der Waals surface area contributed by atoms with E-state index in [9.17, 15) is 0 Å². The molecular weight excluding hydrogens is 125 g/mol. The summed E-state index contributed by atoms with van der Waals surface area (Å²) in [6.07, 6.45) is 0. The maximum atomic E-state index is 8.28. The molecule has 0 radical (unpaired) electrons. The molecule has 0 heterocycles. The van der Waals surface area contributed by atoms with Crippen molar-refractivity contribution in [3.63, 3.8) is 0 Å². The maximum absolute atomic E-state index is 8.28. The molecule has 0 spiro atoms. The summed E-state index contributed by atoms with van der Waals surface area (Å²) >= 11 is 0.611. The minimum atomic E-state index is 0. The van der Waals surface area contributed by atoms with Crippen molar-refractivity contribution in [2.75, 3.05) is 0 Å². The van der Waals surface area contributed by atoms with Crippen molar-refractivity contribution in [1.82, 2.24) is 0 Å². The first-order valence-electron chi connectivity index (χ1n) is 0.289. The number of hydrogen-bond acceptors (Lipinski definition) is 1. The van der Waals surface area contributed by atoms with Gasteiger partial charge in [0, 0.05) is 16.5 Å². The first-order chi connectivity index (χ1) is 1.00. The third-order valence-electron chi connectivity index (χ3n) is 0. The van der Waals surface area contributed by atoms with Crippen LogP contribution >= 0.6 is 0 Å². The van der Waals surface area contributed by atoms with E-state index in [0.29, 0.717) is 16.2 Å². The van der Waals surface area contributed by atoms with Crippen molar-refractivity contribution < 1.29 is 51.3 Å². The molecule has 4 heavy (non-hydrogen) atoms. The average Bonchev–Trinajstić information content (AvgIpc) is 1.00. The fraction of sp³-hybridized carbons (Fsp3) is 0. The van der Waals surface area contributed by atoms with Gasteiger partial charge in [0.05, 0.1) is 0 Å². The summed E-state index contributed by atoms with van der Waals surface area (Å²) in [6.45, 7) is 0. The molecule has 0 aromatic carbocycles. The summed E-state index contributed by atoms with van der Waals surface area (Å²) in [4.78, 5) is 0. The summed E-state index contributed by atoms with van der Waals surface area (Å²) in [7, 11) is 0. The molecule has 0 aliphatic heterocycles. The summed E-state index contributed by atoms with van der Waals surface area (Å²) in [5.74, 6) is 0. The second-order valence-electron chi connectivity index (χ2n) is 0. The van der Waals surface area contributed by atoms with Gasteiger partial charge in [0.25, 0.3) is 0 Å². The third-order valence-corrected chi connectivity index (χ3v) is 0. The van der Waals surface area contributed by atoms with Gasteiger partial charge >= 0.3 is 49.6 Å². The molecule has 0 saturated heterocycles. The Hall–Kier alpha value is 1.83. The summed E-state index contributed by atoms with van der Waals surface area (Å²) in [6, 6.07) is 0. The first kappa shape index (κ1) is 17.0. The minimum absolute atomic E-state index is 0. The Bertz CT molecular complexity index is 11.6. The Balaban J connectivity index is -0.00000000167. The molecule has 0 rings (SSSR count). The topological polar surface area (TPSA) is 17.1 Å². The Morgan fingerprint density at radius 1 is 1.50 bits per heavy atom. The van der Waals surface area contributed by atoms with Gasteiger partial charge in [0.15, 0.2) is 0 Å². The number of rotatable bonds is 0. The van der Waals surface area contributed by atoms with E-state index in [4.69, 9.17) is 3.80 Å². The second kappa shape index (κ2) is 21.2. The summed E-state index contributed by atoms with van der Waals surface area (Å²) in [5, 5.41) is 0. The van der Waals surface area contributed by atoms with Crippen LogP contribution in [0.25, 0.3) is 0 Å². The van der Waals surface area contributed by atoms with E-state index in [1.54, 1.807) is 0 Å².